The number of ether oxygens (including phenoxy) is 1. The molecule has 0 radical (unpaired) electrons. The summed E-state index contributed by atoms with van der Waals surface area (Å²) in [5.74, 6) is -0.257. The van der Waals surface area contributed by atoms with E-state index in [0.29, 0.717) is 18.0 Å². The van der Waals surface area contributed by atoms with Gasteiger partial charge in [0.15, 0.2) is 0 Å². The van der Waals surface area contributed by atoms with Crippen LogP contribution in [0, 0.1) is 0 Å². The van der Waals surface area contributed by atoms with Gasteiger partial charge in [-0.1, -0.05) is 59.6 Å². The standard InChI is InChI=1S/C29H34BrN3O5S/c1-4-5-18-31-29(35)22(2)32(20-23-10-9-11-24(30)19-23)28(34)21-33(25-14-16-26(38-3)17-15-25)39(36,37)27-12-7-6-8-13-27/h6-17,19,22H,4-5,18,20-21H2,1-3H3,(H,31,35)/t22-/m1/s1. The Balaban J connectivity index is 1.99. The van der Waals surface area contributed by atoms with Gasteiger partial charge in [-0.25, -0.2) is 8.42 Å². The Morgan fingerprint density at radius 2 is 1.69 bits per heavy atom. The molecular weight excluding hydrogens is 582 g/mol. The van der Waals surface area contributed by atoms with E-state index in [1.54, 1.807) is 49.4 Å². The third-order valence-electron chi connectivity index (χ3n) is 6.21. The number of carbonyl (C=O) groups is 2. The molecule has 0 saturated heterocycles. The number of amides is 2. The predicted octanol–water partition coefficient (Wildman–Crippen LogP) is 4.99. The number of halogens is 1. The van der Waals surface area contributed by atoms with Gasteiger partial charge < -0.3 is 15.0 Å². The van der Waals surface area contributed by atoms with Crippen molar-refractivity contribution in [1.82, 2.24) is 10.2 Å². The molecule has 1 atom stereocenters. The molecule has 0 spiro atoms. The summed E-state index contributed by atoms with van der Waals surface area (Å²) in [6.45, 7) is 3.81. The second-order valence-corrected chi connectivity index (χ2v) is 11.8. The van der Waals surface area contributed by atoms with Crippen LogP contribution in [0.3, 0.4) is 0 Å². The summed E-state index contributed by atoms with van der Waals surface area (Å²) in [4.78, 5) is 28.4. The lowest BCUT2D eigenvalue weighted by Gasteiger charge is -2.32. The SMILES string of the molecule is CCCCNC(=O)[C@@H](C)N(Cc1cccc(Br)c1)C(=O)CN(c1ccc(OC)cc1)S(=O)(=O)c1ccccc1. The van der Waals surface area contributed by atoms with E-state index in [0.717, 1.165) is 27.2 Å². The lowest BCUT2D eigenvalue weighted by Crippen LogP contribution is -2.51. The molecule has 0 aromatic heterocycles. The summed E-state index contributed by atoms with van der Waals surface area (Å²) in [7, 11) is -2.59. The molecule has 8 nitrogen and oxygen atoms in total. The van der Waals surface area contributed by atoms with E-state index in [1.807, 2.05) is 31.2 Å². The van der Waals surface area contributed by atoms with Gasteiger partial charge in [-0.15, -0.1) is 0 Å². The molecule has 0 bridgehead atoms. The van der Waals surface area contributed by atoms with E-state index in [9.17, 15) is 18.0 Å². The van der Waals surface area contributed by atoms with Crippen molar-refractivity contribution in [2.24, 2.45) is 0 Å². The Bertz CT molecular complexity index is 1350. The fourth-order valence-electron chi connectivity index (χ4n) is 3.95. The molecule has 1 N–H and O–H groups in total. The molecule has 0 aliphatic carbocycles. The second kappa shape index (κ2) is 14.1. The van der Waals surface area contributed by atoms with Crippen LogP contribution in [-0.4, -0.2) is 51.4 Å². The first-order chi connectivity index (χ1) is 18.7. The number of sulfonamides is 1. The lowest BCUT2D eigenvalue weighted by atomic mass is 10.1. The molecule has 0 unspecified atom stereocenters. The average Bonchev–Trinajstić information content (AvgIpc) is 2.94. The van der Waals surface area contributed by atoms with Crippen LogP contribution in [0.25, 0.3) is 0 Å². The minimum absolute atomic E-state index is 0.0533. The van der Waals surface area contributed by atoms with Crippen molar-refractivity contribution in [2.75, 3.05) is 24.5 Å². The maximum absolute atomic E-state index is 13.9. The summed E-state index contributed by atoms with van der Waals surface area (Å²) in [5, 5.41) is 2.88. The van der Waals surface area contributed by atoms with Crippen molar-refractivity contribution in [3.8, 4) is 5.75 Å². The molecule has 3 aromatic carbocycles. The van der Waals surface area contributed by atoms with Crippen molar-refractivity contribution < 1.29 is 22.7 Å². The molecule has 0 saturated carbocycles. The Hall–Kier alpha value is -3.37. The molecule has 208 valence electrons. The lowest BCUT2D eigenvalue weighted by molar-refractivity contribution is -0.139. The zero-order valence-electron chi connectivity index (χ0n) is 22.3. The summed E-state index contributed by atoms with van der Waals surface area (Å²) >= 11 is 3.45. The Kier molecular flexibility index (Phi) is 10.9. The first-order valence-electron chi connectivity index (χ1n) is 12.7. The van der Waals surface area contributed by atoms with Crippen molar-refractivity contribution >= 4 is 43.5 Å². The van der Waals surface area contributed by atoms with Gasteiger partial charge in [0.2, 0.25) is 11.8 Å². The average molecular weight is 617 g/mol. The number of hydrogen-bond donors (Lipinski definition) is 1. The number of carbonyl (C=O) groups excluding carboxylic acids is 2. The number of anilines is 1. The third kappa shape index (κ3) is 8.06. The van der Waals surface area contributed by atoms with Gasteiger partial charge in [-0.05, 0) is 67.4 Å². The zero-order valence-corrected chi connectivity index (χ0v) is 24.7. The van der Waals surface area contributed by atoms with E-state index < -0.39 is 28.5 Å². The molecule has 3 aromatic rings. The van der Waals surface area contributed by atoms with Crippen LogP contribution >= 0.6 is 15.9 Å². The second-order valence-electron chi connectivity index (χ2n) is 8.99. The summed E-state index contributed by atoms with van der Waals surface area (Å²) in [6, 6.07) is 21.0. The van der Waals surface area contributed by atoms with Gasteiger partial charge in [0, 0.05) is 17.6 Å². The first kappa shape index (κ1) is 30.2. The van der Waals surface area contributed by atoms with Gasteiger partial charge in [0.1, 0.15) is 18.3 Å². The number of hydrogen-bond acceptors (Lipinski definition) is 5. The smallest absolute Gasteiger partial charge is 0.264 e. The molecule has 0 aliphatic rings. The number of benzene rings is 3. The summed E-state index contributed by atoms with van der Waals surface area (Å²) in [5.41, 5.74) is 1.10. The monoisotopic (exact) mass is 615 g/mol. The van der Waals surface area contributed by atoms with Crippen LogP contribution in [-0.2, 0) is 26.2 Å². The minimum atomic E-state index is -4.11. The number of nitrogens with zero attached hydrogens (tertiary/aromatic N) is 2. The highest BCUT2D eigenvalue weighted by Gasteiger charge is 2.32. The summed E-state index contributed by atoms with van der Waals surface area (Å²) < 4.78 is 34.7. The molecular formula is C29H34BrN3O5S. The van der Waals surface area contributed by atoms with Crippen molar-refractivity contribution in [2.45, 2.75) is 44.2 Å². The van der Waals surface area contributed by atoms with Gasteiger partial charge >= 0.3 is 0 Å². The quantitative estimate of drug-likeness (QED) is 0.273. The van der Waals surface area contributed by atoms with E-state index in [-0.39, 0.29) is 17.3 Å². The van der Waals surface area contributed by atoms with Crippen molar-refractivity contribution in [3.63, 3.8) is 0 Å². The van der Waals surface area contributed by atoms with Gasteiger partial charge in [0.25, 0.3) is 10.0 Å². The minimum Gasteiger partial charge on any atom is -0.497 e. The van der Waals surface area contributed by atoms with E-state index in [2.05, 4.69) is 21.2 Å². The number of nitrogens with one attached hydrogen (secondary N) is 1. The summed E-state index contributed by atoms with van der Waals surface area (Å²) in [6.07, 6.45) is 1.74. The molecule has 2 amide bonds. The molecule has 0 aliphatic heterocycles. The van der Waals surface area contributed by atoms with Gasteiger partial charge in [-0.3, -0.25) is 13.9 Å². The zero-order chi connectivity index (χ0) is 28.4. The highest BCUT2D eigenvalue weighted by atomic mass is 79.9. The topological polar surface area (TPSA) is 96.0 Å². The Morgan fingerprint density at radius 1 is 1.00 bits per heavy atom. The van der Waals surface area contributed by atoms with Crippen LogP contribution in [0.1, 0.15) is 32.3 Å². The third-order valence-corrected chi connectivity index (χ3v) is 8.49. The maximum Gasteiger partial charge on any atom is 0.264 e. The fourth-order valence-corrected chi connectivity index (χ4v) is 5.83. The predicted molar refractivity (Wildman–Crippen MR) is 156 cm³/mol. The highest BCUT2D eigenvalue weighted by Crippen LogP contribution is 2.26. The van der Waals surface area contributed by atoms with Gasteiger partial charge in [-0.2, -0.15) is 0 Å². The van der Waals surface area contributed by atoms with Crippen molar-refractivity contribution in [3.05, 3.63) is 88.9 Å². The van der Waals surface area contributed by atoms with Crippen LogP contribution in [0.2, 0.25) is 0 Å². The molecule has 0 fully saturated rings. The first-order valence-corrected chi connectivity index (χ1v) is 14.9. The fraction of sp³-hybridized carbons (Fsp3) is 0.310. The van der Waals surface area contributed by atoms with Crippen molar-refractivity contribution in [1.29, 1.82) is 0 Å². The van der Waals surface area contributed by atoms with E-state index >= 15 is 0 Å². The maximum atomic E-state index is 13.9. The molecule has 10 heteroatoms. The Morgan fingerprint density at radius 3 is 2.31 bits per heavy atom. The Labute approximate surface area is 239 Å². The number of rotatable bonds is 13. The number of methoxy groups -OCH3 is 1. The van der Waals surface area contributed by atoms with E-state index in [1.165, 1.54) is 24.1 Å². The largest absolute Gasteiger partial charge is 0.497 e. The molecule has 39 heavy (non-hydrogen) atoms. The van der Waals surface area contributed by atoms with Gasteiger partial charge in [0.05, 0.1) is 17.7 Å². The van der Waals surface area contributed by atoms with Crippen LogP contribution in [0.5, 0.6) is 5.75 Å². The van der Waals surface area contributed by atoms with E-state index in [4.69, 9.17) is 4.74 Å². The van der Waals surface area contributed by atoms with Crippen LogP contribution < -0.4 is 14.4 Å². The van der Waals surface area contributed by atoms with Crippen LogP contribution in [0.15, 0.2) is 88.2 Å². The highest BCUT2D eigenvalue weighted by molar-refractivity contribution is 9.10. The normalized spacial score (nSPS) is 11.9. The molecule has 0 heterocycles. The van der Waals surface area contributed by atoms with Crippen LogP contribution in [0.4, 0.5) is 5.69 Å². The molecule has 3 rings (SSSR count). The number of unbranched alkanes of at least 4 members (excludes halogenated alkanes) is 1.